The summed E-state index contributed by atoms with van der Waals surface area (Å²) >= 11 is 0. The first kappa shape index (κ1) is 15.9. The Labute approximate surface area is 126 Å². The zero-order chi connectivity index (χ0) is 16.2. The van der Waals surface area contributed by atoms with Crippen LogP contribution in [-0.4, -0.2) is 20.5 Å². The standard InChI is InChI=1S/C15H12BF3O3/c16-12-3-6-14(11(7-12)8-20)21-9-10-1-4-13(5-2-10)22-15(17,18)19/h1-8H,9,16H2. The Morgan fingerprint density at radius 1 is 1.09 bits per heavy atom. The van der Waals surface area contributed by atoms with Gasteiger partial charge in [0.05, 0.1) is 5.56 Å². The highest BCUT2D eigenvalue weighted by Gasteiger charge is 2.30. The predicted octanol–water partition coefficient (Wildman–Crippen LogP) is 2.24. The van der Waals surface area contributed by atoms with Crippen molar-refractivity contribution in [3.63, 3.8) is 0 Å². The van der Waals surface area contributed by atoms with Gasteiger partial charge in [-0.15, -0.1) is 13.2 Å². The van der Waals surface area contributed by atoms with E-state index in [-0.39, 0.29) is 12.4 Å². The molecule has 0 aliphatic carbocycles. The van der Waals surface area contributed by atoms with E-state index >= 15 is 0 Å². The summed E-state index contributed by atoms with van der Waals surface area (Å²) in [5, 5.41) is 0. The number of hydrogen-bond acceptors (Lipinski definition) is 3. The minimum atomic E-state index is -4.71. The van der Waals surface area contributed by atoms with Crippen molar-refractivity contribution in [2.75, 3.05) is 0 Å². The third-order valence-electron chi connectivity index (χ3n) is 2.84. The molecule has 0 unspecified atom stereocenters. The summed E-state index contributed by atoms with van der Waals surface area (Å²) in [5.41, 5.74) is 2.02. The maximum atomic E-state index is 12.0. The second kappa shape index (κ2) is 6.55. The summed E-state index contributed by atoms with van der Waals surface area (Å²) in [6, 6.07) is 10.5. The fourth-order valence-electron chi connectivity index (χ4n) is 1.84. The van der Waals surface area contributed by atoms with E-state index in [4.69, 9.17) is 4.74 Å². The molecule has 22 heavy (non-hydrogen) atoms. The van der Waals surface area contributed by atoms with Gasteiger partial charge in [0.2, 0.25) is 0 Å². The van der Waals surface area contributed by atoms with E-state index in [9.17, 15) is 18.0 Å². The lowest BCUT2D eigenvalue weighted by Crippen LogP contribution is -2.17. The molecule has 0 saturated carbocycles. The van der Waals surface area contributed by atoms with Crippen molar-refractivity contribution in [2.24, 2.45) is 0 Å². The van der Waals surface area contributed by atoms with Gasteiger partial charge in [-0.05, 0) is 23.8 Å². The van der Waals surface area contributed by atoms with Gasteiger partial charge in [-0.3, -0.25) is 4.79 Å². The second-order valence-electron chi connectivity index (χ2n) is 4.64. The molecule has 0 N–H and O–H groups in total. The Hall–Kier alpha value is -2.44. The van der Waals surface area contributed by atoms with Crippen molar-refractivity contribution >= 4 is 19.6 Å². The number of rotatable bonds is 5. The van der Waals surface area contributed by atoms with Crippen molar-refractivity contribution in [3.05, 3.63) is 53.6 Å². The number of hydrogen-bond donors (Lipinski definition) is 0. The Bertz CT molecular complexity index is 654. The third-order valence-corrected chi connectivity index (χ3v) is 2.84. The fraction of sp³-hybridized carbons (Fsp3) is 0.133. The highest BCUT2D eigenvalue weighted by Crippen LogP contribution is 2.23. The number of ether oxygens (including phenoxy) is 2. The maximum absolute atomic E-state index is 12.0. The van der Waals surface area contributed by atoms with Crippen LogP contribution in [0.2, 0.25) is 0 Å². The van der Waals surface area contributed by atoms with Crippen molar-refractivity contribution < 1.29 is 27.4 Å². The van der Waals surface area contributed by atoms with Gasteiger partial charge >= 0.3 is 6.36 Å². The lowest BCUT2D eigenvalue weighted by Gasteiger charge is -2.11. The first-order chi connectivity index (χ1) is 10.4. The zero-order valence-electron chi connectivity index (χ0n) is 11.7. The molecule has 0 amide bonds. The van der Waals surface area contributed by atoms with E-state index in [0.29, 0.717) is 23.2 Å². The first-order valence-electron chi connectivity index (χ1n) is 6.41. The molecule has 2 aromatic carbocycles. The Morgan fingerprint density at radius 3 is 2.36 bits per heavy atom. The lowest BCUT2D eigenvalue weighted by molar-refractivity contribution is -0.274. The van der Waals surface area contributed by atoms with Crippen molar-refractivity contribution in [3.8, 4) is 11.5 Å². The average Bonchev–Trinajstić information content (AvgIpc) is 2.45. The summed E-state index contributed by atoms with van der Waals surface area (Å²) in [7, 11) is 1.86. The molecule has 0 aliphatic rings. The molecule has 7 heteroatoms. The van der Waals surface area contributed by atoms with Gasteiger partial charge in [-0.25, -0.2) is 0 Å². The summed E-state index contributed by atoms with van der Waals surface area (Å²) < 4.78 is 45.4. The molecule has 0 spiro atoms. The number of carbonyl (C=O) groups is 1. The molecule has 0 bridgehead atoms. The molecule has 114 valence electrons. The van der Waals surface area contributed by atoms with Crippen LogP contribution >= 0.6 is 0 Å². The highest BCUT2D eigenvalue weighted by molar-refractivity contribution is 6.32. The van der Waals surface area contributed by atoms with Gasteiger partial charge in [-0.2, -0.15) is 0 Å². The van der Waals surface area contributed by atoms with Crippen LogP contribution in [0.1, 0.15) is 15.9 Å². The number of halogens is 3. The van der Waals surface area contributed by atoms with E-state index < -0.39 is 6.36 Å². The molecule has 0 aromatic heterocycles. The van der Waals surface area contributed by atoms with E-state index in [1.54, 1.807) is 12.1 Å². The Morgan fingerprint density at radius 2 is 1.77 bits per heavy atom. The van der Waals surface area contributed by atoms with Crippen LogP contribution in [0.25, 0.3) is 0 Å². The quantitative estimate of drug-likeness (QED) is 0.628. The van der Waals surface area contributed by atoms with Crippen molar-refractivity contribution in [1.29, 1.82) is 0 Å². The van der Waals surface area contributed by atoms with E-state index in [1.807, 2.05) is 13.9 Å². The SMILES string of the molecule is Bc1ccc(OCc2ccc(OC(F)(F)F)cc2)c(C=O)c1. The van der Waals surface area contributed by atoms with Crippen LogP contribution in [0.15, 0.2) is 42.5 Å². The van der Waals surface area contributed by atoms with Crippen molar-refractivity contribution in [1.82, 2.24) is 0 Å². The van der Waals surface area contributed by atoms with Gasteiger partial charge in [0, 0.05) is 0 Å². The fourth-order valence-corrected chi connectivity index (χ4v) is 1.84. The maximum Gasteiger partial charge on any atom is 0.573 e. The molecule has 0 saturated heterocycles. The summed E-state index contributed by atoms with van der Waals surface area (Å²) in [5.74, 6) is 0.136. The van der Waals surface area contributed by atoms with Crippen molar-refractivity contribution in [2.45, 2.75) is 13.0 Å². The van der Waals surface area contributed by atoms with Crippen LogP contribution in [0, 0.1) is 0 Å². The molecule has 2 aromatic rings. The molecule has 0 fully saturated rings. The number of alkyl halides is 3. The van der Waals surface area contributed by atoms with E-state index in [1.165, 1.54) is 24.3 Å². The lowest BCUT2D eigenvalue weighted by atomic mass is 9.94. The number of carbonyl (C=O) groups excluding carboxylic acids is 1. The molecule has 0 atom stereocenters. The molecular weight excluding hydrogens is 296 g/mol. The molecule has 3 nitrogen and oxygen atoms in total. The van der Waals surface area contributed by atoms with Gasteiger partial charge in [0.1, 0.15) is 26.0 Å². The third kappa shape index (κ3) is 4.54. The monoisotopic (exact) mass is 308 g/mol. The summed E-state index contributed by atoms with van der Waals surface area (Å²) in [4.78, 5) is 11.0. The van der Waals surface area contributed by atoms with E-state index in [2.05, 4.69) is 4.74 Å². The van der Waals surface area contributed by atoms with Crippen LogP contribution < -0.4 is 14.9 Å². The zero-order valence-corrected chi connectivity index (χ0v) is 11.7. The summed E-state index contributed by atoms with van der Waals surface area (Å²) in [6.07, 6.45) is -4.01. The van der Waals surface area contributed by atoms with Gasteiger partial charge in [-0.1, -0.05) is 29.7 Å². The normalized spacial score (nSPS) is 11.0. The minimum absolute atomic E-state index is 0.135. The second-order valence-corrected chi connectivity index (χ2v) is 4.64. The van der Waals surface area contributed by atoms with Crippen LogP contribution in [0.4, 0.5) is 13.2 Å². The Balaban J connectivity index is 2.02. The molecular formula is C15H12BF3O3. The van der Waals surface area contributed by atoms with E-state index in [0.717, 1.165) is 5.46 Å². The first-order valence-corrected chi connectivity index (χ1v) is 6.41. The predicted molar refractivity (Wildman–Crippen MR) is 77.5 cm³/mol. The highest BCUT2D eigenvalue weighted by atomic mass is 19.4. The minimum Gasteiger partial charge on any atom is -0.488 e. The molecule has 0 aliphatic heterocycles. The average molecular weight is 308 g/mol. The number of aldehydes is 1. The smallest absolute Gasteiger partial charge is 0.488 e. The summed E-state index contributed by atoms with van der Waals surface area (Å²) in [6.45, 7) is 0.135. The topological polar surface area (TPSA) is 35.5 Å². The number of benzene rings is 2. The molecule has 2 rings (SSSR count). The van der Waals surface area contributed by atoms with Gasteiger partial charge in [0.25, 0.3) is 0 Å². The van der Waals surface area contributed by atoms with Crippen LogP contribution in [0.5, 0.6) is 11.5 Å². The Kier molecular flexibility index (Phi) is 4.75. The van der Waals surface area contributed by atoms with Crippen LogP contribution in [-0.2, 0) is 6.61 Å². The van der Waals surface area contributed by atoms with Gasteiger partial charge in [0.15, 0.2) is 6.29 Å². The molecule has 0 heterocycles. The van der Waals surface area contributed by atoms with Crippen LogP contribution in [0.3, 0.4) is 0 Å². The largest absolute Gasteiger partial charge is 0.573 e. The molecule has 0 radical (unpaired) electrons. The van der Waals surface area contributed by atoms with Gasteiger partial charge < -0.3 is 9.47 Å².